The van der Waals surface area contributed by atoms with Gasteiger partial charge >= 0.3 is 0 Å². The normalized spacial score (nSPS) is 10.9. The summed E-state index contributed by atoms with van der Waals surface area (Å²) in [6, 6.07) is 28.0. The Bertz CT molecular complexity index is 1530. The smallest absolute Gasteiger partial charge is 0.267 e. The van der Waals surface area contributed by atoms with Crippen LogP contribution >= 0.6 is 11.3 Å². The van der Waals surface area contributed by atoms with E-state index in [9.17, 15) is 9.59 Å². The van der Waals surface area contributed by atoms with E-state index in [1.165, 1.54) is 22.1 Å². The molecule has 0 bridgehead atoms. The number of aromatic nitrogens is 3. The molecule has 0 unspecified atom stereocenters. The minimum atomic E-state index is -0.341. The zero-order valence-corrected chi connectivity index (χ0v) is 19.8. The molecule has 7 nitrogen and oxygen atoms in total. The average molecular weight is 483 g/mol. The lowest BCUT2D eigenvalue weighted by molar-refractivity contribution is -0.119. The Hall–Kier alpha value is -4.30. The molecule has 0 radical (unpaired) electrons. The van der Waals surface area contributed by atoms with Crippen molar-refractivity contribution >= 4 is 32.6 Å². The van der Waals surface area contributed by atoms with Crippen molar-refractivity contribution in [3.8, 4) is 17.0 Å². The van der Waals surface area contributed by atoms with Gasteiger partial charge in [-0.15, -0.1) is 0 Å². The summed E-state index contributed by atoms with van der Waals surface area (Å²) in [6.45, 7) is 0.120. The van der Waals surface area contributed by atoms with Crippen LogP contribution in [0.3, 0.4) is 0 Å². The zero-order chi connectivity index (χ0) is 24.2. The first-order valence-corrected chi connectivity index (χ1v) is 11.8. The van der Waals surface area contributed by atoms with Gasteiger partial charge in [0.15, 0.2) is 5.13 Å². The fourth-order valence-corrected chi connectivity index (χ4v) is 4.71. The number of fused-ring (bicyclic) bond motifs is 1. The Morgan fingerprint density at radius 2 is 1.71 bits per heavy atom. The van der Waals surface area contributed by atoms with E-state index in [1.807, 2.05) is 78.9 Å². The van der Waals surface area contributed by atoms with Gasteiger partial charge in [0.25, 0.3) is 11.5 Å². The molecule has 2 aromatic heterocycles. The van der Waals surface area contributed by atoms with Crippen molar-refractivity contribution in [2.75, 3.05) is 12.0 Å². The summed E-state index contributed by atoms with van der Waals surface area (Å²) in [5.41, 5.74) is 2.88. The first kappa shape index (κ1) is 22.5. The standard InChI is InChI=1S/C27H22N4O3S/c1-34-21-12-13-23-24(16-21)35-27(28-23)30(17-19-8-4-2-5-9-19)26(33)18-31-25(32)15-14-22(29-31)20-10-6-3-7-11-20/h2-16H,17-18H2,1H3. The Balaban J connectivity index is 1.50. The highest BCUT2D eigenvalue weighted by Gasteiger charge is 2.22. The van der Waals surface area contributed by atoms with Crippen LogP contribution in [-0.4, -0.2) is 27.8 Å². The van der Waals surface area contributed by atoms with E-state index >= 15 is 0 Å². The second-order valence-corrected chi connectivity index (χ2v) is 8.89. The molecule has 174 valence electrons. The van der Waals surface area contributed by atoms with Crippen LogP contribution in [0.5, 0.6) is 5.75 Å². The summed E-state index contributed by atoms with van der Waals surface area (Å²) in [5.74, 6) is 0.446. The van der Waals surface area contributed by atoms with Crippen molar-refractivity contribution in [1.82, 2.24) is 14.8 Å². The lowest BCUT2D eigenvalue weighted by Crippen LogP contribution is -2.37. The number of ether oxygens (including phenoxy) is 1. The van der Waals surface area contributed by atoms with Gasteiger partial charge < -0.3 is 4.74 Å². The van der Waals surface area contributed by atoms with Crippen molar-refractivity contribution < 1.29 is 9.53 Å². The van der Waals surface area contributed by atoms with E-state index in [2.05, 4.69) is 5.10 Å². The number of rotatable bonds is 7. The lowest BCUT2D eigenvalue weighted by atomic mass is 10.1. The molecule has 0 saturated carbocycles. The third kappa shape index (κ3) is 4.97. The lowest BCUT2D eigenvalue weighted by Gasteiger charge is -2.20. The van der Waals surface area contributed by atoms with Gasteiger partial charge in [0.1, 0.15) is 12.3 Å². The number of methoxy groups -OCH3 is 1. The van der Waals surface area contributed by atoms with E-state index < -0.39 is 0 Å². The molecule has 35 heavy (non-hydrogen) atoms. The molecule has 0 aliphatic carbocycles. The maximum absolute atomic E-state index is 13.6. The van der Waals surface area contributed by atoms with Gasteiger partial charge in [0.05, 0.1) is 29.6 Å². The molecule has 5 rings (SSSR count). The fourth-order valence-electron chi connectivity index (χ4n) is 3.70. The van der Waals surface area contributed by atoms with Crippen LogP contribution in [0.25, 0.3) is 21.5 Å². The number of hydrogen-bond acceptors (Lipinski definition) is 6. The fraction of sp³-hybridized carbons (Fsp3) is 0.111. The van der Waals surface area contributed by atoms with Crippen LogP contribution in [0.15, 0.2) is 95.8 Å². The summed E-state index contributed by atoms with van der Waals surface area (Å²) in [7, 11) is 1.61. The van der Waals surface area contributed by atoms with Crippen molar-refractivity contribution in [3.05, 3.63) is 107 Å². The van der Waals surface area contributed by atoms with Crippen molar-refractivity contribution in [3.63, 3.8) is 0 Å². The molecule has 3 aromatic carbocycles. The Labute approximate surface area is 205 Å². The number of carbonyl (C=O) groups is 1. The van der Waals surface area contributed by atoms with Gasteiger partial charge in [0.2, 0.25) is 0 Å². The van der Waals surface area contributed by atoms with Crippen LogP contribution < -0.4 is 15.2 Å². The Morgan fingerprint density at radius 1 is 0.971 bits per heavy atom. The minimum Gasteiger partial charge on any atom is -0.497 e. The molecule has 5 aromatic rings. The Kier molecular flexibility index (Phi) is 6.36. The van der Waals surface area contributed by atoms with E-state index in [1.54, 1.807) is 18.1 Å². The summed E-state index contributed by atoms with van der Waals surface area (Å²) in [5, 5.41) is 5.00. The SMILES string of the molecule is COc1ccc2nc(N(Cc3ccccc3)C(=O)Cn3nc(-c4ccccc4)ccc3=O)sc2c1. The zero-order valence-electron chi connectivity index (χ0n) is 19.0. The molecule has 2 heterocycles. The highest BCUT2D eigenvalue weighted by molar-refractivity contribution is 7.22. The number of thiazole rings is 1. The van der Waals surface area contributed by atoms with Crippen LogP contribution in [0, 0.1) is 0 Å². The van der Waals surface area contributed by atoms with Crippen LogP contribution in [0.4, 0.5) is 5.13 Å². The monoisotopic (exact) mass is 482 g/mol. The first-order valence-electron chi connectivity index (χ1n) is 11.0. The number of nitrogens with zero attached hydrogens (tertiary/aromatic N) is 4. The Morgan fingerprint density at radius 3 is 2.46 bits per heavy atom. The van der Waals surface area contributed by atoms with Gasteiger partial charge in [0, 0.05) is 11.6 Å². The number of hydrogen-bond donors (Lipinski definition) is 0. The molecule has 0 atom stereocenters. The quantitative estimate of drug-likeness (QED) is 0.334. The summed E-state index contributed by atoms with van der Waals surface area (Å²) < 4.78 is 7.44. The summed E-state index contributed by atoms with van der Waals surface area (Å²) in [4.78, 5) is 32.5. The van der Waals surface area contributed by atoms with Gasteiger partial charge in [-0.3, -0.25) is 14.5 Å². The second kappa shape index (κ2) is 9.90. The van der Waals surface area contributed by atoms with Crippen molar-refractivity contribution in [2.24, 2.45) is 0 Å². The highest BCUT2D eigenvalue weighted by Crippen LogP contribution is 2.32. The molecular weight excluding hydrogens is 460 g/mol. The number of benzene rings is 3. The van der Waals surface area contributed by atoms with Gasteiger partial charge in [-0.25, -0.2) is 9.67 Å². The predicted octanol–water partition coefficient (Wildman–Crippen LogP) is 4.76. The number of carbonyl (C=O) groups excluding carboxylic acids is 1. The third-order valence-corrected chi connectivity index (χ3v) is 6.56. The molecule has 8 heteroatoms. The summed E-state index contributed by atoms with van der Waals surface area (Å²) in [6.07, 6.45) is 0. The first-order chi connectivity index (χ1) is 17.1. The average Bonchev–Trinajstić information content (AvgIpc) is 3.32. The number of amides is 1. The van der Waals surface area contributed by atoms with E-state index in [0.717, 1.165) is 27.1 Å². The van der Waals surface area contributed by atoms with E-state index in [4.69, 9.17) is 9.72 Å². The van der Waals surface area contributed by atoms with Gasteiger partial charge in [-0.05, 0) is 29.8 Å². The van der Waals surface area contributed by atoms with Crippen molar-refractivity contribution in [2.45, 2.75) is 13.1 Å². The minimum absolute atomic E-state index is 0.203. The molecule has 0 fully saturated rings. The molecule has 0 aliphatic heterocycles. The van der Waals surface area contributed by atoms with Crippen LogP contribution in [0.1, 0.15) is 5.56 Å². The highest BCUT2D eigenvalue weighted by atomic mass is 32.1. The topological polar surface area (TPSA) is 77.3 Å². The molecule has 0 aliphatic rings. The number of anilines is 1. The maximum atomic E-state index is 13.6. The van der Waals surface area contributed by atoms with Crippen LogP contribution in [-0.2, 0) is 17.9 Å². The third-order valence-electron chi connectivity index (χ3n) is 5.52. The van der Waals surface area contributed by atoms with Crippen LogP contribution in [0.2, 0.25) is 0 Å². The molecule has 0 saturated heterocycles. The molecule has 1 amide bonds. The van der Waals surface area contributed by atoms with Gasteiger partial charge in [-0.1, -0.05) is 72.0 Å². The summed E-state index contributed by atoms with van der Waals surface area (Å²) >= 11 is 1.40. The molecule has 0 spiro atoms. The van der Waals surface area contributed by atoms with Gasteiger partial charge in [-0.2, -0.15) is 5.10 Å². The van der Waals surface area contributed by atoms with E-state index in [-0.39, 0.29) is 18.0 Å². The maximum Gasteiger partial charge on any atom is 0.267 e. The molecule has 0 N–H and O–H groups in total. The van der Waals surface area contributed by atoms with Crippen molar-refractivity contribution in [1.29, 1.82) is 0 Å². The van der Waals surface area contributed by atoms with E-state index in [0.29, 0.717) is 17.4 Å². The second-order valence-electron chi connectivity index (χ2n) is 7.88. The predicted molar refractivity (Wildman–Crippen MR) is 138 cm³/mol. The molecular formula is C27H22N4O3S. The largest absolute Gasteiger partial charge is 0.497 e.